The van der Waals surface area contributed by atoms with Gasteiger partial charge in [-0.15, -0.1) is 0 Å². The van der Waals surface area contributed by atoms with E-state index >= 15 is 0 Å². The van der Waals surface area contributed by atoms with E-state index in [1.807, 2.05) is 20.8 Å². The summed E-state index contributed by atoms with van der Waals surface area (Å²) in [4.78, 5) is 94.0. The SMILES string of the molecule is COc1cc2cc(c1Cl)N(C)C(=O)C[C@H](OC(=O)[C@H](C)N(C)C(=O)CCC(C)(C)SSCCNC(=O)CCN1C(=O)C=CC1=O)[C@]1(C)O[C@H]1[C@H](C)[C@@H]1C[C@@](O)(NC(=O)O1)[C@H](O)/C=C/C=C(\C)C2. The summed E-state index contributed by atoms with van der Waals surface area (Å²) < 4.78 is 23.2. The summed E-state index contributed by atoms with van der Waals surface area (Å²) in [6.07, 6.45) is 1.97. The van der Waals surface area contributed by atoms with Crippen molar-refractivity contribution in [3.63, 3.8) is 0 Å². The lowest BCUT2D eigenvalue weighted by Gasteiger charge is -2.41. The zero-order valence-corrected chi connectivity index (χ0v) is 41.7. The van der Waals surface area contributed by atoms with Crippen LogP contribution in [0.3, 0.4) is 0 Å². The number of hydrogen-bond acceptors (Lipinski definition) is 15. The molecule has 8 atom stereocenters. The van der Waals surface area contributed by atoms with E-state index in [2.05, 4.69) is 10.6 Å². The zero-order valence-electron chi connectivity index (χ0n) is 39.3. The van der Waals surface area contributed by atoms with E-state index in [9.17, 15) is 43.8 Å². The van der Waals surface area contributed by atoms with Gasteiger partial charge in [-0.05, 0) is 65.2 Å². The van der Waals surface area contributed by atoms with Crippen LogP contribution in [0.4, 0.5) is 10.5 Å². The fourth-order valence-corrected chi connectivity index (χ4v) is 10.8. The van der Waals surface area contributed by atoms with Crippen LogP contribution in [0.2, 0.25) is 5.02 Å². The molecular weight excluding hydrogens is 930 g/mol. The predicted octanol–water partition coefficient (Wildman–Crippen LogP) is 4.23. The van der Waals surface area contributed by atoms with Crippen LogP contribution in [0, 0.1) is 5.92 Å². The summed E-state index contributed by atoms with van der Waals surface area (Å²) in [5.74, 6) is -2.48. The maximum atomic E-state index is 14.3. The fraction of sp³-hybridized carbons (Fsp3) is 0.587. The number of anilines is 1. The Labute approximate surface area is 403 Å². The number of methoxy groups -OCH3 is 1. The molecule has 368 valence electrons. The number of epoxide rings is 1. The van der Waals surface area contributed by atoms with Crippen LogP contribution in [0.15, 0.2) is 48.1 Å². The third-order valence-corrected chi connectivity index (χ3v) is 16.2. The summed E-state index contributed by atoms with van der Waals surface area (Å²) in [5.41, 5.74) is -1.46. The summed E-state index contributed by atoms with van der Waals surface area (Å²) in [6, 6.07) is 2.42. The van der Waals surface area contributed by atoms with E-state index in [0.29, 0.717) is 36.6 Å². The number of aliphatic hydroxyl groups excluding tert-OH is 1. The monoisotopic (exact) mass is 991 g/mol. The number of nitrogens with one attached hydrogen (secondary N) is 2. The molecule has 2 fully saturated rings. The molecule has 21 heteroatoms. The molecule has 0 saturated carbocycles. The second-order valence-electron chi connectivity index (χ2n) is 18.1. The number of aliphatic hydroxyl groups is 2. The zero-order chi connectivity index (χ0) is 49.6. The Balaban J connectivity index is 1.25. The van der Waals surface area contributed by atoms with Gasteiger partial charge in [0.2, 0.25) is 17.7 Å². The van der Waals surface area contributed by atoms with Gasteiger partial charge < -0.3 is 44.3 Å². The number of fused-ring (bicyclic) bond motifs is 5. The van der Waals surface area contributed by atoms with Gasteiger partial charge in [-0.3, -0.25) is 34.2 Å². The minimum absolute atomic E-state index is 0.000790. The highest BCUT2D eigenvalue weighted by atomic mass is 35.5. The number of rotatable bonds is 15. The third-order valence-electron chi connectivity index (χ3n) is 12.5. The lowest BCUT2D eigenvalue weighted by atomic mass is 9.83. The number of ether oxygens (including phenoxy) is 4. The van der Waals surface area contributed by atoms with Gasteiger partial charge in [0.1, 0.15) is 40.7 Å². The lowest BCUT2D eigenvalue weighted by Crippen LogP contribution is -2.63. The molecule has 6 amide bonds. The van der Waals surface area contributed by atoms with E-state index in [-0.39, 0.29) is 53.8 Å². The number of hydrogen-bond donors (Lipinski definition) is 4. The number of nitrogens with zero attached hydrogens (tertiary/aromatic N) is 3. The highest BCUT2D eigenvalue weighted by Gasteiger charge is 2.64. The van der Waals surface area contributed by atoms with E-state index in [0.717, 1.165) is 16.0 Å². The predicted molar refractivity (Wildman–Crippen MR) is 253 cm³/mol. The van der Waals surface area contributed by atoms with Crippen molar-refractivity contribution < 1.29 is 62.7 Å². The van der Waals surface area contributed by atoms with E-state index in [1.165, 1.54) is 59.9 Å². The molecule has 18 nitrogen and oxygen atoms in total. The second-order valence-corrected chi connectivity index (χ2v) is 21.6. The van der Waals surface area contributed by atoms with Gasteiger partial charge in [-0.1, -0.05) is 63.9 Å². The van der Waals surface area contributed by atoms with Crippen molar-refractivity contribution in [2.45, 2.75) is 127 Å². The molecule has 0 spiro atoms. The number of benzene rings is 1. The van der Waals surface area contributed by atoms with Crippen LogP contribution >= 0.6 is 33.2 Å². The van der Waals surface area contributed by atoms with Gasteiger partial charge in [-0.25, -0.2) is 9.59 Å². The van der Waals surface area contributed by atoms with Crippen LogP contribution in [-0.4, -0.2) is 148 Å². The Hall–Kier alpha value is -4.60. The Morgan fingerprint density at radius 2 is 1.84 bits per heavy atom. The fourth-order valence-electron chi connectivity index (χ4n) is 7.97. The number of allylic oxidation sites excluding steroid dienone is 3. The number of imide groups is 1. The van der Waals surface area contributed by atoms with Gasteiger partial charge in [-0.2, -0.15) is 0 Å². The van der Waals surface area contributed by atoms with Gasteiger partial charge in [0, 0.05) is 75.0 Å². The molecule has 4 aliphatic rings. The smallest absolute Gasteiger partial charge is 0.409 e. The summed E-state index contributed by atoms with van der Waals surface area (Å²) in [5, 5.41) is 27.9. The molecule has 0 radical (unpaired) electrons. The number of carbonyl (C=O) groups is 7. The first-order valence-corrected chi connectivity index (χ1v) is 24.7. The first-order chi connectivity index (χ1) is 31.4. The van der Waals surface area contributed by atoms with Gasteiger partial charge in [0.15, 0.2) is 5.72 Å². The van der Waals surface area contributed by atoms with Crippen molar-refractivity contribution >= 4 is 80.5 Å². The minimum Gasteiger partial charge on any atom is -0.495 e. The van der Waals surface area contributed by atoms with Crippen LogP contribution in [0.25, 0.3) is 0 Å². The third kappa shape index (κ3) is 13.3. The first-order valence-electron chi connectivity index (χ1n) is 22.0. The van der Waals surface area contributed by atoms with E-state index in [4.69, 9.17) is 30.5 Å². The van der Waals surface area contributed by atoms with Crippen molar-refractivity contribution in [2.24, 2.45) is 5.92 Å². The molecule has 0 aromatic heterocycles. The average Bonchev–Trinajstić information content (AvgIpc) is 3.87. The first kappa shape index (κ1) is 53.4. The van der Waals surface area contributed by atoms with E-state index in [1.54, 1.807) is 56.0 Å². The molecule has 2 saturated heterocycles. The summed E-state index contributed by atoms with van der Waals surface area (Å²) in [6.45, 7) is 11.1. The molecule has 4 N–H and O–H groups in total. The number of carbonyl (C=O) groups excluding carboxylic acids is 7. The molecule has 0 aliphatic carbocycles. The average molecular weight is 993 g/mol. The van der Waals surface area contributed by atoms with E-state index < -0.39 is 77.5 Å². The Morgan fingerprint density at radius 3 is 2.51 bits per heavy atom. The Kier molecular flexibility index (Phi) is 17.7. The normalized spacial score (nSPS) is 28.4. The van der Waals surface area contributed by atoms with Crippen molar-refractivity contribution in [2.75, 3.05) is 44.9 Å². The van der Waals surface area contributed by atoms with Crippen molar-refractivity contribution in [3.8, 4) is 5.75 Å². The molecule has 1 aromatic carbocycles. The summed E-state index contributed by atoms with van der Waals surface area (Å²) in [7, 11) is 7.57. The maximum absolute atomic E-state index is 14.3. The van der Waals surface area contributed by atoms with Crippen molar-refractivity contribution in [1.29, 1.82) is 0 Å². The quantitative estimate of drug-likeness (QED) is 0.0633. The van der Waals surface area contributed by atoms with Crippen LogP contribution in [0.5, 0.6) is 5.75 Å². The van der Waals surface area contributed by atoms with Crippen LogP contribution in [0.1, 0.15) is 79.2 Å². The molecule has 0 unspecified atom stereocenters. The van der Waals surface area contributed by atoms with Crippen LogP contribution < -0.4 is 20.3 Å². The largest absolute Gasteiger partial charge is 0.495 e. The molecule has 5 rings (SSSR count). The van der Waals surface area contributed by atoms with Crippen LogP contribution in [-0.2, 0) is 49.4 Å². The number of alkyl carbamates (subject to hydrolysis) is 1. The molecule has 4 bridgehead atoms. The van der Waals surface area contributed by atoms with Gasteiger partial charge >= 0.3 is 12.1 Å². The topological polar surface area (TPSA) is 234 Å². The molecular formula is C46H62ClN5O13S2. The maximum Gasteiger partial charge on any atom is 0.409 e. The molecule has 1 aromatic rings. The number of esters is 1. The Morgan fingerprint density at radius 1 is 1.15 bits per heavy atom. The van der Waals surface area contributed by atoms with Gasteiger partial charge in [0.25, 0.3) is 11.8 Å². The molecule has 4 aliphatic heterocycles. The highest BCUT2D eigenvalue weighted by Crippen LogP contribution is 2.49. The molecule has 67 heavy (non-hydrogen) atoms. The number of likely N-dealkylation sites (N-methyl/N-ethyl adjacent to an activating group) is 1. The Bertz CT molecular complexity index is 2170. The number of amides is 6. The molecule has 4 heterocycles. The van der Waals surface area contributed by atoms with Crippen molar-refractivity contribution in [3.05, 3.63) is 58.7 Å². The minimum atomic E-state index is -2.09. The number of halogens is 1. The van der Waals surface area contributed by atoms with Crippen molar-refractivity contribution in [1.82, 2.24) is 20.4 Å². The summed E-state index contributed by atoms with van der Waals surface area (Å²) >= 11 is 6.78. The highest BCUT2D eigenvalue weighted by molar-refractivity contribution is 8.77. The lowest BCUT2D eigenvalue weighted by molar-refractivity contribution is -0.162. The standard InChI is InChI=1S/C46H62ClN5O13S2/c1-26-11-10-12-33(53)46(61)25-32(63-43(60)49-46)27(2)41-45(6,65-41)34(24-39(58)51(8)30-22-29(21-26)23-31(62-9)40(30)47)64-42(59)28(3)50(7)36(55)15-17-44(4,5)67-66-20-18-48-35(54)16-19-52-37(56)13-14-38(52)57/h10-14,22-23,27-28,32-34,41,53,61H,15-21,24-25H2,1-9H3,(H,48,54)(H,49,60)/b12-10+,26-11+/t27-,28+,32+,33-,34+,41+,45+,46+/m1/s1. The van der Waals surface area contributed by atoms with Gasteiger partial charge in [0.05, 0.1) is 25.3 Å². The second kappa shape index (κ2) is 22.2.